The minimum atomic E-state index is -2.30. The lowest BCUT2D eigenvalue weighted by Crippen LogP contribution is -2.65. The Bertz CT molecular complexity index is 2990. The summed E-state index contributed by atoms with van der Waals surface area (Å²) in [5, 5.41) is 115. The first-order chi connectivity index (χ1) is 41.4. The van der Waals surface area contributed by atoms with Gasteiger partial charge in [0.25, 0.3) is 5.91 Å². The van der Waals surface area contributed by atoms with Gasteiger partial charge in [-0.15, -0.1) is 0 Å². The maximum absolute atomic E-state index is 14.8. The fourth-order valence-electron chi connectivity index (χ4n) is 10.8. The molecule has 7 rings (SSSR count). The van der Waals surface area contributed by atoms with Crippen molar-refractivity contribution in [1.82, 2.24) is 41.7 Å². The topological polar surface area (TPSA) is 415 Å². The second kappa shape index (κ2) is 30.3. The lowest BCUT2D eigenvalue weighted by atomic mass is 9.96. The van der Waals surface area contributed by atoms with E-state index in [4.69, 9.17) is 10.5 Å². The van der Waals surface area contributed by atoms with Gasteiger partial charge in [0.2, 0.25) is 35.4 Å². The second-order valence-corrected chi connectivity index (χ2v) is 22.6. The maximum Gasteiger partial charge on any atom is 0.251 e. The third-order valence-corrected chi connectivity index (χ3v) is 16.0. The Hall–Kier alpha value is -7.63. The number of ether oxygens (including phenoxy) is 1. The number of fused-ring (bicyclic) bond motifs is 2. The molecule has 0 bridgehead atoms. The van der Waals surface area contributed by atoms with Gasteiger partial charge in [-0.3, -0.25) is 38.9 Å². The molecule has 3 heterocycles. The second-order valence-electron chi connectivity index (χ2n) is 22.6. The Balaban J connectivity index is 1.23. The van der Waals surface area contributed by atoms with Gasteiger partial charge in [0.15, 0.2) is 0 Å². The molecule has 26 heteroatoms. The molecule has 7 unspecified atom stereocenters. The van der Waals surface area contributed by atoms with Crippen LogP contribution >= 0.6 is 0 Å². The molecule has 4 aromatic carbocycles. The number of nitrogens with two attached hydrogens (primary N) is 1. The zero-order chi connectivity index (χ0) is 63.4. The minimum absolute atomic E-state index is 0.0168. The van der Waals surface area contributed by atoms with Gasteiger partial charge in [0, 0.05) is 50.0 Å². The van der Waals surface area contributed by atoms with Crippen molar-refractivity contribution in [3.63, 3.8) is 0 Å². The molecule has 0 saturated carbocycles. The zero-order valence-electron chi connectivity index (χ0n) is 48.8. The van der Waals surface area contributed by atoms with Crippen molar-refractivity contribution in [2.45, 2.75) is 151 Å². The zero-order valence-corrected chi connectivity index (χ0v) is 48.8. The van der Waals surface area contributed by atoms with Crippen LogP contribution in [0.5, 0.6) is 11.5 Å². The van der Waals surface area contributed by atoms with E-state index in [2.05, 4.69) is 38.8 Å². The number of carbonyl (C=O) groups excluding carboxylic acids is 7. The quantitative estimate of drug-likeness (QED) is 0.0479. The molecule has 0 spiro atoms. The van der Waals surface area contributed by atoms with Gasteiger partial charge in [-0.25, -0.2) is 0 Å². The summed E-state index contributed by atoms with van der Waals surface area (Å²) in [6.07, 6.45) is -12.9. The average Bonchev–Trinajstić information content (AvgIpc) is 1.95. The Morgan fingerprint density at radius 2 is 1.22 bits per heavy atom. The number of aliphatic hydroxyl groups excluding tert-OH is 8. The van der Waals surface area contributed by atoms with Crippen LogP contribution in [0.25, 0.3) is 22.3 Å². The van der Waals surface area contributed by atoms with Crippen LogP contribution in [0.15, 0.2) is 97.1 Å². The first-order valence-electron chi connectivity index (χ1n) is 29.1. The van der Waals surface area contributed by atoms with Crippen molar-refractivity contribution < 1.29 is 84.3 Å². The normalized spacial score (nSPS) is 27.0. The molecule has 17 N–H and O–H groups in total. The van der Waals surface area contributed by atoms with Gasteiger partial charge in [-0.2, -0.15) is 0 Å². The van der Waals surface area contributed by atoms with E-state index < -0.39 is 164 Å². The van der Waals surface area contributed by atoms with Crippen LogP contribution in [0.1, 0.15) is 81.8 Å². The maximum atomic E-state index is 14.8. The number of nitrogens with zero attached hydrogens (tertiary/aromatic N) is 2. The Morgan fingerprint density at radius 3 is 1.77 bits per heavy atom. The molecular formula is C61H81N9O17. The highest BCUT2D eigenvalue weighted by Crippen LogP contribution is 2.30. The van der Waals surface area contributed by atoms with Crippen LogP contribution in [0.3, 0.4) is 0 Å². The van der Waals surface area contributed by atoms with Crippen LogP contribution in [0.2, 0.25) is 0 Å². The molecular weight excluding hydrogens is 1130 g/mol. The predicted octanol–water partition coefficient (Wildman–Crippen LogP) is -2.01. The molecule has 26 nitrogen and oxygen atoms in total. The number of amides is 7. The number of benzene rings is 4. The van der Waals surface area contributed by atoms with E-state index >= 15 is 0 Å². The Morgan fingerprint density at radius 1 is 0.678 bits per heavy atom. The third-order valence-electron chi connectivity index (χ3n) is 16.0. The van der Waals surface area contributed by atoms with Crippen LogP contribution in [-0.4, -0.2) is 215 Å². The number of aromatic hydroxyl groups is 1. The van der Waals surface area contributed by atoms with E-state index in [-0.39, 0.29) is 30.0 Å². The predicted molar refractivity (Wildman–Crippen MR) is 314 cm³/mol. The van der Waals surface area contributed by atoms with Crippen molar-refractivity contribution in [3.8, 4) is 33.8 Å². The minimum Gasteiger partial charge on any atom is -0.508 e. The van der Waals surface area contributed by atoms with Gasteiger partial charge >= 0.3 is 0 Å². The molecule has 3 fully saturated rings. The van der Waals surface area contributed by atoms with Crippen LogP contribution in [0.4, 0.5) is 0 Å². The molecule has 3 aliphatic rings. The third kappa shape index (κ3) is 16.5. The molecule has 3 saturated heterocycles. The molecule has 7 amide bonds. The number of phenols is 1. The summed E-state index contributed by atoms with van der Waals surface area (Å²) in [5.74, 6) is -8.52. The smallest absolute Gasteiger partial charge is 0.251 e. The molecule has 87 heavy (non-hydrogen) atoms. The van der Waals surface area contributed by atoms with Crippen molar-refractivity contribution >= 4 is 41.4 Å². The highest BCUT2D eigenvalue weighted by atomic mass is 16.5. The van der Waals surface area contributed by atoms with Gasteiger partial charge in [-0.05, 0) is 84.5 Å². The summed E-state index contributed by atoms with van der Waals surface area (Å²) in [5.41, 5.74) is 9.29. The van der Waals surface area contributed by atoms with Crippen molar-refractivity contribution in [2.24, 2.45) is 11.7 Å². The number of unbranched alkanes of at least 4 members (excludes halogenated alkanes) is 2. The Kier molecular flexibility index (Phi) is 23.3. The number of aliphatic hydroxyl groups is 8. The molecule has 0 aliphatic carbocycles. The summed E-state index contributed by atoms with van der Waals surface area (Å²) in [7, 11) is 0. The SMILES string of the molecule is CCCCCOc1ccc(-c2ccc(-c3ccc(C(=O)N[C@H]4C[C@@H](O)C(NC(CN)CO)NC(=O)C5[C@@H](O)[C@@H](C)CN5C(=O)C([C@@H](C)O)NC(=O)C([C@H](O)[C@@H](O)c5ccc(O)cc5)NC(=O)C5C[C@@H](O)CN5C(=O)C([C@@H](C)O)NC4=O)cc3)cc2)cc1. The number of hydrogen-bond donors (Lipinski definition) is 16. The highest BCUT2D eigenvalue weighted by Gasteiger charge is 2.50. The van der Waals surface area contributed by atoms with E-state index in [1.54, 1.807) is 12.1 Å². The molecule has 16 atom stereocenters. The summed E-state index contributed by atoms with van der Waals surface area (Å²) in [4.78, 5) is 104. The summed E-state index contributed by atoms with van der Waals surface area (Å²) in [6, 6.07) is 13.8. The number of rotatable bonds is 18. The number of hydrogen-bond acceptors (Lipinski definition) is 19. The van der Waals surface area contributed by atoms with Crippen molar-refractivity contribution in [2.75, 3.05) is 32.8 Å². The van der Waals surface area contributed by atoms with E-state index in [1.165, 1.54) is 31.2 Å². The average molecular weight is 1210 g/mol. The fourth-order valence-corrected chi connectivity index (χ4v) is 10.8. The number of nitrogens with one attached hydrogen (secondary N) is 6. The highest BCUT2D eigenvalue weighted by molar-refractivity contribution is 6.00. The monoisotopic (exact) mass is 1210 g/mol. The molecule has 0 aromatic heterocycles. The Labute approximate surface area is 503 Å². The van der Waals surface area contributed by atoms with Gasteiger partial charge in [-0.1, -0.05) is 87.4 Å². The van der Waals surface area contributed by atoms with Gasteiger partial charge in [0.1, 0.15) is 66.1 Å². The van der Waals surface area contributed by atoms with Crippen LogP contribution < -0.4 is 42.4 Å². The van der Waals surface area contributed by atoms with E-state index in [1.807, 2.05) is 48.5 Å². The van der Waals surface area contributed by atoms with Crippen LogP contribution in [0, 0.1) is 5.92 Å². The van der Waals surface area contributed by atoms with Crippen molar-refractivity contribution in [1.29, 1.82) is 0 Å². The van der Waals surface area contributed by atoms with Crippen molar-refractivity contribution in [3.05, 3.63) is 108 Å². The van der Waals surface area contributed by atoms with Crippen LogP contribution in [-0.2, 0) is 28.8 Å². The summed E-state index contributed by atoms with van der Waals surface area (Å²) < 4.78 is 5.86. The standard InChI is InChI=1S/C61H81N9O17/c1-5-6-7-24-87-43-22-18-37(19-23-43)35-10-8-34(9-11-35)36-12-14-39(15-13-36)55(80)64-44-26-46(76)54(63-40(27-62)30-71)68-59(84)50-51(77)31(2)28-70(50)61(86)48(33(4)73)66-58(83)49(53(79)52(78)38-16-20-41(74)21-17-38)67-57(82)45-25-42(75)29-69(45)60(85)47(32(3)72)65-56(44)81/h8-23,31-33,40,42,44-54,63,71-79H,5-7,24-30,62H2,1-4H3,(H,64,80)(H,65,81)(H,66,83)(H,67,82)(H,68,84)/t31-,32+,33+,40?,42+,44-,45?,46+,47?,48?,49?,50?,51-,52-,53-,54?/m0/s1. The first kappa shape index (κ1) is 66.9. The largest absolute Gasteiger partial charge is 0.508 e. The van der Waals surface area contributed by atoms with E-state index in [0.717, 1.165) is 77.5 Å². The molecule has 0 radical (unpaired) electrons. The molecule has 3 aliphatic heterocycles. The lowest BCUT2D eigenvalue weighted by Gasteiger charge is -2.35. The summed E-state index contributed by atoms with van der Waals surface area (Å²) in [6.45, 7) is 4.54. The molecule has 4 aromatic rings. The van der Waals surface area contributed by atoms with E-state index in [9.17, 15) is 79.5 Å². The molecule has 472 valence electrons. The summed E-state index contributed by atoms with van der Waals surface area (Å²) >= 11 is 0. The first-order valence-corrected chi connectivity index (χ1v) is 29.1. The van der Waals surface area contributed by atoms with Gasteiger partial charge < -0.3 is 92.8 Å². The van der Waals surface area contributed by atoms with E-state index in [0.29, 0.717) is 12.2 Å². The van der Waals surface area contributed by atoms with Gasteiger partial charge in [0.05, 0.1) is 43.7 Å². The fraction of sp³-hybridized carbons (Fsp3) is 0.492. The number of phenolic OH excluding ortho intramolecular Hbond substituents is 1. The number of carbonyl (C=O) groups is 7. The lowest BCUT2D eigenvalue weighted by molar-refractivity contribution is -0.148.